The highest BCUT2D eigenvalue weighted by Crippen LogP contribution is 2.11. The SMILES string of the molecule is CNCCc1ccc(CN2CCS(=O)(=O)CC2)cc1. The van der Waals surface area contributed by atoms with Gasteiger partial charge in [0.1, 0.15) is 0 Å². The van der Waals surface area contributed by atoms with Gasteiger partial charge in [-0.2, -0.15) is 0 Å². The van der Waals surface area contributed by atoms with Gasteiger partial charge >= 0.3 is 0 Å². The zero-order valence-corrected chi connectivity index (χ0v) is 12.2. The Morgan fingerprint density at radius 2 is 1.68 bits per heavy atom. The number of sulfone groups is 1. The number of nitrogens with one attached hydrogen (secondary N) is 1. The van der Waals surface area contributed by atoms with Crippen LogP contribution in [0.2, 0.25) is 0 Å². The molecular formula is C14H22N2O2S. The maximum Gasteiger partial charge on any atom is 0.152 e. The molecule has 1 N–H and O–H groups in total. The van der Waals surface area contributed by atoms with Gasteiger partial charge in [0, 0.05) is 19.6 Å². The van der Waals surface area contributed by atoms with Gasteiger partial charge in [-0.15, -0.1) is 0 Å². The van der Waals surface area contributed by atoms with E-state index in [1.165, 1.54) is 11.1 Å². The molecule has 4 nitrogen and oxygen atoms in total. The molecule has 0 aliphatic carbocycles. The molecule has 1 aliphatic rings. The average molecular weight is 282 g/mol. The maximum absolute atomic E-state index is 11.4. The Morgan fingerprint density at radius 3 is 2.26 bits per heavy atom. The van der Waals surface area contributed by atoms with E-state index < -0.39 is 9.84 Å². The summed E-state index contributed by atoms with van der Waals surface area (Å²) in [5, 5.41) is 3.14. The minimum atomic E-state index is -2.77. The Labute approximate surface area is 115 Å². The fourth-order valence-electron chi connectivity index (χ4n) is 2.25. The lowest BCUT2D eigenvalue weighted by atomic mass is 10.1. The minimum absolute atomic E-state index is 0.299. The highest BCUT2D eigenvalue weighted by Gasteiger charge is 2.21. The Balaban J connectivity index is 1.86. The van der Waals surface area contributed by atoms with Crippen molar-refractivity contribution in [2.24, 2.45) is 0 Å². The smallest absolute Gasteiger partial charge is 0.152 e. The first kappa shape index (κ1) is 14.5. The normalized spacial score (nSPS) is 19.4. The van der Waals surface area contributed by atoms with Crippen LogP contribution in [0.15, 0.2) is 24.3 Å². The first-order valence-electron chi connectivity index (χ1n) is 6.74. The van der Waals surface area contributed by atoms with Crippen molar-refractivity contribution in [1.82, 2.24) is 10.2 Å². The van der Waals surface area contributed by atoms with Crippen molar-refractivity contribution < 1.29 is 8.42 Å². The lowest BCUT2D eigenvalue weighted by molar-refractivity contribution is 0.287. The van der Waals surface area contributed by atoms with Crippen LogP contribution in [0.4, 0.5) is 0 Å². The summed E-state index contributed by atoms with van der Waals surface area (Å²) >= 11 is 0. The van der Waals surface area contributed by atoms with E-state index in [0.29, 0.717) is 24.6 Å². The summed E-state index contributed by atoms with van der Waals surface area (Å²) in [6.07, 6.45) is 1.04. The first-order chi connectivity index (χ1) is 9.09. The zero-order valence-electron chi connectivity index (χ0n) is 11.4. The Bertz CT molecular complexity index is 483. The van der Waals surface area contributed by atoms with Crippen molar-refractivity contribution in [2.45, 2.75) is 13.0 Å². The molecule has 1 aliphatic heterocycles. The summed E-state index contributed by atoms with van der Waals surface area (Å²) in [6.45, 7) is 3.15. The summed E-state index contributed by atoms with van der Waals surface area (Å²) in [6, 6.07) is 8.61. The van der Waals surface area contributed by atoms with Gasteiger partial charge in [-0.05, 0) is 31.1 Å². The fourth-order valence-corrected chi connectivity index (χ4v) is 3.52. The van der Waals surface area contributed by atoms with Crippen molar-refractivity contribution in [1.29, 1.82) is 0 Å². The number of rotatable bonds is 5. The van der Waals surface area contributed by atoms with Gasteiger partial charge in [-0.25, -0.2) is 8.42 Å². The Hall–Kier alpha value is -0.910. The number of nitrogens with zero attached hydrogens (tertiary/aromatic N) is 1. The van der Waals surface area contributed by atoms with E-state index in [2.05, 4.69) is 34.5 Å². The molecule has 0 saturated carbocycles. The molecule has 1 fully saturated rings. The molecule has 1 aromatic rings. The molecule has 0 atom stereocenters. The third-order valence-electron chi connectivity index (χ3n) is 3.53. The van der Waals surface area contributed by atoms with E-state index in [1.54, 1.807) is 0 Å². The van der Waals surface area contributed by atoms with Crippen LogP contribution in [-0.4, -0.2) is 51.5 Å². The van der Waals surface area contributed by atoms with Gasteiger partial charge in [-0.1, -0.05) is 24.3 Å². The molecule has 106 valence electrons. The van der Waals surface area contributed by atoms with Crippen molar-refractivity contribution in [3.63, 3.8) is 0 Å². The molecule has 0 amide bonds. The van der Waals surface area contributed by atoms with Gasteiger partial charge < -0.3 is 5.32 Å². The molecule has 0 radical (unpaired) electrons. The highest BCUT2D eigenvalue weighted by molar-refractivity contribution is 7.91. The van der Waals surface area contributed by atoms with Gasteiger partial charge in [0.2, 0.25) is 0 Å². The average Bonchev–Trinajstić information content (AvgIpc) is 2.40. The topological polar surface area (TPSA) is 49.4 Å². The van der Waals surface area contributed by atoms with Crippen molar-refractivity contribution in [3.8, 4) is 0 Å². The van der Waals surface area contributed by atoms with Crippen molar-refractivity contribution >= 4 is 9.84 Å². The van der Waals surface area contributed by atoms with Crippen LogP contribution in [0, 0.1) is 0 Å². The van der Waals surface area contributed by atoms with Crippen LogP contribution in [0.5, 0.6) is 0 Å². The first-order valence-corrected chi connectivity index (χ1v) is 8.56. The quantitative estimate of drug-likeness (QED) is 0.863. The van der Waals surface area contributed by atoms with E-state index in [-0.39, 0.29) is 0 Å². The number of hydrogen-bond donors (Lipinski definition) is 1. The molecule has 1 saturated heterocycles. The summed E-state index contributed by atoms with van der Waals surface area (Å²) < 4.78 is 22.7. The zero-order chi connectivity index (χ0) is 13.7. The number of hydrogen-bond acceptors (Lipinski definition) is 4. The molecule has 5 heteroatoms. The lowest BCUT2D eigenvalue weighted by Gasteiger charge is -2.26. The van der Waals surface area contributed by atoms with Crippen LogP contribution < -0.4 is 5.32 Å². The van der Waals surface area contributed by atoms with Gasteiger partial charge in [-0.3, -0.25) is 4.90 Å². The maximum atomic E-state index is 11.4. The van der Waals surface area contributed by atoms with Gasteiger partial charge in [0.05, 0.1) is 11.5 Å². The molecule has 19 heavy (non-hydrogen) atoms. The lowest BCUT2D eigenvalue weighted by Crippen LogP contribution is -2.39. The molecule has 1 heterocycles. The van der Waals surface area contributed by atoms with E-state index >= 15 is 0 Å². The second-order valence-electron chi connectivity index (χ2n) is 5.10. The third kappa shape index (κ3) is 4.60. The van der Waals surface area contributed by atoms with E-state index in [9.17, 15) is 8.42 Å². The largest absolute Gasteiger partial charge is 0.319 e. The summed E-state index contributed by atoms with van der Waals surface area (Å²) in [5.41, 5.74) is 2.59. The van der Waals surface area contributed by atoms with Crippen molar-refractivity contribution in [3.05, 3.63) is 35.4 Å². The number of likely N-dealkylation sites (N-methyl/N-ethyl adjacent to an activating group) is 1. The van der Waals surface area contributed by atoms with Crippen LogP contribution in [0.1, 0.15) is 11.1 Å². The van der Waals surface area contributed by atoms with Crippen LogP contribution >= 0.6 is 0 Å². The molecule has 2 rings (SSSR count). The van der Waals surface area contributed by atoms with Crippen LogP contribution in [-0.2, 0) is 22.8 Å². The standard InChI is InChI=1S/C14H22N2O2S/c1-15-7-6-13-2-4-14(5-3-13)12-16-8-10-19(17,18)11-9-16/h2-5,15H,6-12H2,1H3. The molecule has 0 bridgehead atoms. The predicted octanol–water partition coefficient (Wildman–Crippen LogP) is 0.679. The second kappa shape index (κ2) is 6.50. The van der Waals surface area contributed by atoms with Crippen LogP contribution in [0.3, 0.4) is 0 Å². The monoisotopic (exact) mass is 282 g/mol. The van der Waals surface area contributed by atoms with E-state index in [4.69, 9.17) is 0 Å². The summed E-state index contributed by atoms with van der Waals surface area (Å²) in [7, 11) is -0.816. The third-order valence-corrected chi connectivity index (χ3v) is 5.14. The summed E-state index contributed by atoms with van der Waals surface area (Å²) in [4.78, 5) is 2.21. The molecule has 0 spiro atoms. The molecule has 0 unspecified atom stereocenters. The van der Waals surface area contributed by atoms with E-state index in [0.717, 1.165) is 19.5 Å². The minimum Gasteiger partial charge on any atom is -0.319 e. The van der Waals surface area contributed by atoms with Gasteiger partial charge in [0.15, 0.2) is 9.84 Å². The molecule has 1 aromatic carbocycles. The molecule has 0 aromatic heterocycles. The fraction of sp³-hybridized carbons (Fsp3) is 0.571. The predicted molar refractivity (Wildman–Crippen MR) is 78.0 cm³/mol. The highest BCUT2D eigenvalue weighted by atomic mass is 32.2. The Morgan fingerprint density at radius 1 is 1.11 bits per heavy atom. The number of benzene rings is 1. The van der Waals surface area contributed by atoms with Crippen LogP contribution in [0.25, 0.3) is 0 Å². The van der Waals surface area contributed by atoms with Crippen molar-refractivity contribution in [2.75, 3.05) is 38.2 Å². The second-order valence-corrected chi connectivity index (χ2v) is 7.40. The Kier molecular flexibility index (Phi) is 4.96. The summed E-state index contributed by atoms with van der Waals surface area (Å²) in [5.74, 6) is 0.598. The molecular weight excluding hydrogens is 260 g/mol. The van der Waals surface area contributed by atoms with E-state index in [1.807, 2.05) is 7.05 Å². The van der Waals surface area contributed by atoms with Gasteiger partial charge in [0.25, 0.3) is 0 Å².